The number of nitrogens with zero attached hydrogens (tertiary/aromatic N) is 2. The Balaban J connectivity index is 1.85. The van der Waals surface area contributed by atoms with Crippen molar-refractivity contribution in [1.82, 2.24) is 20.4 Å². The fourth-order valence-electron chi connectivity index (χ4n) is 3.31. The Kier molecular flexibility index (Phi) is 6.12. The summed E-state index contributed by atoms with van der Waals surface area (Å²) < 4.78 is 5.26. The van der Waals surface area contributed by atoms with E-state index in [1.54, 1.807) is 18.7 Å². The van der Waals surface area contributed by atoms with E-state index in [1.165, 1.54) is 11.3 Å². The molecular formula is C18H24N4O4S. The molecule has 2 aliphatic heterocycles. The first-order valence-electron chi connectivity index (χ1n) is 8.98. The molecule has 3 rings (SSSR count). The molecular weight excluding hydrogens is 368 g/mol. The normalized spacial score (nSPS) is 20.9. The first-order chi connectivity index (χ1) is 13.0. The zero-order chi connectivity index (χ0) is 19.4. The van der Waals surface area contributed by atoms with Gasteiger partial charge in [0, 0.05) is 50.2 Å². The summed E-state index contributed by atoms with van der Waals surface area (Å²) in [7, 11) is 0. The molecule has 1 aromatic rings. The summed E-state index contributed by atoms with van der Waals surface area (Å²) in [6.45, 7) is 6.66. The molecule has 27 heavy (non-hydrogen) atoms. The molecule has 1 atom stereocenters. The molecule has 0 aliphatic carbocycles. The lowest BCUT2D eigenvalue weighted by atomic mass is 10.0. The minimum absolute atomic E-state index is 0.0639. The summed E-state index contributed by atoms with van der Waals surface area (Å²) in [6, 6.07) is 2.92. The average molecular weight is 392 g/mol. The predicted octanol–water partition coefficient (Wildman–Crippen LogP) is 1.08. The van der Waals surface area contributed by atoms with Crippen molar-refractivity contribution in [3.8, 4) is 0 Å². The number of rotatable bonds is 5. The van der Waals surface area contributed by atoms with E-state index in [0.717, 1.165) is 4.88 Å². The Morgan fingerprint density at radius 3 is 2.63 bits per heavy atom. The molecule has 3 heterocycles. The van der Waals surface area contributed by atoms with Crippen LogP contribution in [0, 0.1) is 0 Å². The second-order valence-electron chi connectivity index (χ2n) is 6.44. The number of hydrogen-bond acceptors (Lipinski definition) is 6. The van der Waals surface area contributed by atoms with Gasteiger partial charge in [-0.2, -0.15) is 0 Å². The number of esters is 1. The Bertz CT molecular complexity index is 739. The molecule has 0 saturated carbocycles. The third-order valence-corrected chi connectivity index (χ3v) is 5.61. The summed E-state index contributed by atoms with van der Waals surface area (Å²) in [5.74, 6) is -0.366. The minimum Gasteiger partial charge on any atom is -0.463 e. The highest BCUT2D eigenvalue weighted by Gasteiger charge is 2.35. The molecule has 3 amide bonds. The molecule has 1 fully saturated rings. The van der Waals surface area contributed by atoms with Crippen LogP contribution in [0.25, 0.3) is 0 Å². The Labute approximate surface area is 162 Å². The molecule has 1 unspecified atom stereocenters. The van der Waals surface area contributed by atoms with E-state index < -0.39 is 12.0 Å². The first kappa shape index (κ1) is 19.4. The zero-order valence-electron chi connectivity index (χ0n) is 15.5. The van der Waals surface area contributed by atoms with Gasteiger partial charge < -0.3 is 20.3 Å². The molecule has 1 saturated heterocycles. The number of carbonyl (C=O) groups is 3. The van der Waals surface area contributed by atoms with Gasteiger partial charge in [-0.15, -0.1) is 11.3 Å². The molecule has 0 bridgehead atoms. The van der Waals surface area contributed by atoms with Crippen LogP contribution in [-0.4, -0.2) is 67.0 Å². The number of amides is 3. The highest BCUT2D eigenvalue weighted by molar-refractivity contribution is 7.10. The average Bonchev–Trinajstić information content (AvgIpc) is 3.16. The number of nitrogens with one attached hydrogen (secondary N) is 2. The maximum atomic E-state index is 12.7. The van der Waals surface area contributed by atoms with Gasteiger partial charge in [0.15, 0.2) is 0 Å². The highest BCUT2D eigenvalue weighted by Crippen LogP contribution is 2.31. The number of ether oxygens (including phenoxy) is 1. The van der Waals surface area contributed by atoms with Crippen molar-refractivity contribution in [3.05, 3.63) is 33.7 Å². The number of piperazine rings is 1. The van der Waals surface area contributed by atoms with Crippen LogP contribution in [0.5, 0.6) is 0 Å². The van der Waals surface area contributed by atoms with E-state index in [0.29, 0.717) is 44.0 Å². The lowest BCUT2D eigenvalue weighted by molar-refractivity contribution is -0.139. The molecule has 0 aromatic carbocycles. The smallest absolute Gasteiger partial charge is 0.338 e. The van der Waals surface area contributed by atoms with Crippen molar-refractivity contribution in [2.24, 2.45) is 0 Å². The molecule has 1 aromatic heterocycles. The van der Waals surface area contributed by atoms with E-state index >= 15 is 0 Å². The quantitative estimate of drug-likeness (QED) is 0.732. The van der Waals surface area contributed by atoms with Crippen LogP contribution >= 0.6 is 11.3 Å². The summed E-state index contributed by atoms with van der Waals surface area (Å²) in [6.07, 6.45) is 0. The second kappa shape index (κ2) is 8.53. The van der Waals surface area contributed by atoms with E-state index in [1.807, 2.05) is 17.5 Å². The summed E-state index contributed by atoms with van der Waals surface area (Å²) in [5.41, 5.74) is 1.000. The van der Waals surface area contributed by atoms with Gasteiger partial charge in [0.1, 0.15) is 0 Å². The number of hydrogen-bond donors (Lipinski definition) is 2. The van der Waals surface area contributed by atoms with Gasteiger partial charge in [-0.1, -0.05) is 6.07 Å². The monoisotopic (exact) mass is 392 g/mol. The molecule has 0 spiro atoms. The van der Waals surface area contributed by atoms with Crippen LogP contribution in [-0.2, 0) is 14.3 Å². The largest absolute Gasteiger partial charge is 0.463 e. The molecule has 2 aliphatic rings. The van der Waals surface area contributed by atoms with Gasteiger partial charge in [0.05, 0.1) is 18.2 Å². The Morgan fingerprint density at radius 1 is 1.30 bits per heavy atom. The van der Waals surface area contributed by atoms with E-state index in [4.69, 9.17) is 4.74 Å². The minimum atomic E-state index is -0.522. The highest BCUT2D eigenvalue weighted by atomic mass is 32.1. The third-order valence-electron chi connectivity index (χ3n) is 4.68. The maximum absolute atomic E-state index is 12.7. The molecule has 146 valence electrons. The van der Waals surface area contributed by atoms with Crippen LogP contribution in [0.3, 0.4) is 0 Å². The van der Waals surface area contributed by atoms with Gasteiger partial charge in [0.25, 0.3) is 0 Å². The number of carbonyl (C=O) groups excluding carboxylic acids is 3. The Morgan fingerprint density at radius 2 is 2.04 bits per heavy atom. The topological polar surface area (TPSA) is 91.0 Å². The molecule has 9 heteroatoms. The Hall–Kier alpha value is -2.39. The predicted molar refractivity (Wildman–Crippen MR) is 101 cm³/mol. The van der Waals surface area contributed by atoms with Crippen LogP contribution in [0.1, 0.15) is 24.8 Å². The maximum Gasteiger partial charge on any atom is 0.338 e. The van der Waals surface area contributed by atoms with E-state index in [9.17, 15) is 14.4 Å². The second-order valence-corrected chi connectivity index (χ2v) is 7.42. The lowest BCUT2D eigenvalue weighted by Gasteiger charge is -2.36. The molecule has 2 N–H and O–H groups in total. The van der Waals surface area contributed by atoms with Crippen molar-refractivity contribution < 1.29 is 19.1 Å². The van der Waals surface area contributed by atoms with Crippen LogP contribution < -0.4 is 10.6 Å². The van der Waals surface area contributed by atoms with Crippen molar-refractivity contribution in [2.45, 2.75) is 19.9 Å². The fraction of sp³-hybridized carbons (Fsp3) is 0.500. The van der Waals surface area contributed by atoms with Crippen LogP contribution in [0.2, 0.25) is 0 Å². The van der Waals surface area contributed by atoms with Gasteiger partial charge in [-0.3, -0.25) is 9.69 Å². The summed E-state index contributed by atoms with van der Waals surface area (Å²) in [5, 5.41) is 7.53. The first-order valence-corrected chi connectivity index (χ1v) is 9.86. The third kappa shape index (κ3) is 4.48. The van der Waals surface area contributed by atoms with E-state index in [-0.39, 0.29) is 18.5 Å². The summed E-state index contributed by atoms with van der Waals surface area (Å²) >= 11 is 1.48. The van der Waals surface area contributed by atoms with Gasteiger partial charge in [-0.05, 0) is 18.4 Å². The number of urea groups is 1. The standard InChI is InChI=1S/C18H24N4O4S/c1-3-26-17(24)15-13(11-21-6-8-22(9-7-21)12(2)23)19-18(25)20-16(15)14-5-4-10-27-14/h4-5,10,16H,3,6-9,11H2,1-2H3,(H2,19,20,25). The van der Waals surface area contributed by atoms with Crippen LogP contribution in [0.4, 0.5) is 4.79 Å². The van der Waals surface area contributed by atoms with Crippen molar-refractivity contribution in [1.29, 1.82) is 0 Å². The van der Waals surface area contributed by atoms with Gasteiger partial charge in [-0.25, -0.2) is 9.59 Å². The van der Waals surface area contributed by atoms with Crippen molar-refractivity contribution in [2.75, 3.05) is 39.3 Å². The van der Waals surface area contributed by atoms with Crippen molar-refractivity contribution in [3.63, 3.8) is 0 Å². The molecule has 0 radical (unpaired) electrons. The fourth-order valence-corrected chi connectivity index (χ4v) is 4.09. The van der Waals surface area contributed by atoms with Gasteiger partial charge in [0.2, 0.25) is 5.91 Å². The molecule has 8 nitrogen and oxygen atoms in total. The summed E-state index contributed by atoms with van der Waals surface area (Å²) in [4.78, 5) is 41.2. The lowest BCUT2D eigenvalue weighted by Crippen LogP contribution is -2.52. The van der Waals surface area contributed by atoms with Crippen LogP contribution in [0.15, 0.2) is 28.8 Å². The van der Waals surface area contributed by atoms with Gasteiger partial charge >= 0.3 is 12.0 Å². The van der Waals surface area contributed by atoms with Crippen molar-refractivity contribution >= 4 is 29.2 Å². The van der Waals surface area contributed by atoms with E-state index in [2.05, 4.69) is 15.5 Å². The zero-order valence-corrected chi connectivity index (χ0v) is 16.3. The number of thiophene rings is 1. The SMILES string of the molecule is CCOC(=O)C1=C(CN2CCN(C(C)=O)CC2)NC(=O)NC1c1cccs1.